The monoisotopic (exact) mass is 569 g/mol. The Morgan fingerprint density at radius 3 is 1.68 bits per heavy atom. The second kappa shape index (κ2) is 20.2. The van der Waals surface area contributed by atoms with E-state index in [1.807, 2.05) is 13.8 Å². The predicted molar refractivity (Wildman–Crippen MR) is 144 cm³/mol. The third-order valence-electron chi connectivity index (χ3n) is 4.44. The number of anilines is 2. The van der Waals surface area contributed by atoms with Gasteiger partial charge >= 0.3 is 25.5 Å². The van der Waals surface area contributed by atoms with Crippen LogP contribution in [0.1, 0.15) is 63.5 Å². The van der Waals surface area contributed by atoms with E-state index in [4.69, 9.17) is 20.2 Å². The van der Waals surface area contributed by atoms with E-state index in [0.29, 0.717) is 35.3 Å². The number of hydrogen-bond donors (Lipinski definition) is 4. The number of nitrogens with zero attached hydrogens (tertiary/aromatic N) is 2. The van der Waals surface area contributed by atoms with Gasteiger partial charge in [-0.05, 0) is 54.8 Å². The van der Waals surface area contributed by atoms with Crippen LogP contribution in [0.2, 0.25) is 0 Å². The molecule has 0 saturated carbocycles. The summed E-state index contributed by atoms with van der Waals surface area (Å²) in [4.78, 5) is 40.2. The molecule has 2 aromatic rings. The molecule has 6 N–H and O–H groups in total. The zero-order valence-electron chi connectivity index (χ0n) is 21.5. The van der Waals surface area contributed by atoms with E-state index in [1.165, 1.54) is 0 Å². The van der Waals surface area contributed by atoms with E-state index in [1.54, 1.807) is 48.5 Å². The fraction of sp³-hybridized carbons (Fsp3) is 0.308. The average Bonchev–Trinajstić information content (AvgIpc) is 2.90. The van der Waals surface area contributed by atoms with Crippen LogP contribution in [0, 0.1) is 6.92 Å². The fourth-order valence-electron chi connectivity index (χ4n) is 2.71. The maximum absolute atomic E-state index is 12.1. The SMILES string of the molecule is CCCC(=O)O/N=C(\N)c1ccc(NC(=O)CCCC(=O)Nc2ccc(C(=[N-])N)cc2)cc1.[CH2-]CC.[O]=[Co]. The Morgan fingerprint density at radius 1 is 0.868 bits per heavy atom. The molecule has 0 aromatic heterocycles. The Bertz CT molecular complexity index is 1060. The van der Waals surface area contributed by atoms with Crippen molar-refractivity contribution in [3.63, 3.8) is 0 Å². The molecule has 0 aliphatic rings. The van der Waals surface area contributed by atoms with Gasteiger partial charge in [0, 0.05) is 36.2 Å². The molecule has 38 heavy (non-hydrogen) atoms. The summed E-state index contributed by atoms with van der Waals surface area (Å²) >= 11 is 2.31. The van der Waals surface area contributed by atoms with Gasteiger partial charge in [-0.3, -0.25) is 9.59 Å². The molecule has 0 atom stereocenters. The Morgan fingerprint density at radius 2 is 1.29 bits per heavy atom. The van der Waals surface area contributed by atoms with Gasteiger partial charge in [0.05, 0.1) is 0 Å². The number of benzene rings is 2. The molecule has 0 saturated heterocycles. The number of oxime groups is 1. The van der Waals surface area contributed by atoms with E-state index in [2.05, 4.69) is 38.4 Å². The molecule has 0 unspecified atom stereocenters. The van der Waals surface area contributed by atoms with Gasteiger partial charge in [-0.15, -0.1) is 0 Å². The predicted octanol–water partition coefficient (Wildman–Crippen LogP) is 3.78. The summed E-state index contributed by atoms with van der Waals surface area (Å²) in [6, 6.07) is 13.0. The van der Waals surface area contributed by atoms with E-state index in [9.17, 15) is 19.8 Å². The van der Waals surface area contributed by atoms with Crippen molar-refractivity contribution in [2.75, 3.05) is 10.6 Å². The summed E-state index contributed by atoms with van der Waals surface area (Å²) < 4.78 is 7.94. The van der Waals surface area contributed by atoms with Crippen LogP contribution in [-0.4, -0.2) is 29.5 Å². The number of rotatable bonds is 11. The molecule has 0 aliphatic heterocycles. The third-order valence-corrected chi connectivity index (χ3v) is 4.44. The molecule has 0 fully saturated rings. The van der Waals surface area contributed by atoms with Crippen molar-refractivity contribution in [2.24, 2.45) is 16.6 Å². The van der Waals surface area contributed by atoms with Crippen LogP contribution in [0.25, 0.3) is 5.41 Å². The number of nitrogens with two attached hydrogens (primary N) is 2. The van der Waals surface area contributed by atoms with Gasteiger partial charge in [-0.25, -0.2) is 4.79 Å². The fourth-order valence-corrected chi connectivity index (χ4v) is 2.71. The van der Waals surface area contributed by atoms with Gasteiger partial charge in [0.15, 0.2) is 5.84 Å². The molecule has 0 heterocycles. The number of carbonyl (C=O) groups is 3. The van der Waals surface area contributed by atoms with E-state index in [-0.39, 0.29) is 42.7 Å². The molecule has 209 valence electrons. The second-order valence-electron chi connectivity index (χ2n) is 7.68. The molecule has 0 aliphatic carbocycles. The molecular weight excluding hydrogens is 535 g/mol. The second-order valence-corrected chi connectivity index (χ2v) is 7.68. The number of amides is 2. The Hall–Kier alpha value is -3.90. The maximum atomic E-state index is 12.1. The summed E-state index contributed by atoms with van der Waals surface area (Å²) in [6.45, 7) is 7.35. The summed E-state index contributed by atoms with van der Waals surface area (Å²) in [7, 11) is 0. The molecule has 11 nitrogen and oxygen atoms in total. The van der Waals surface area contributed by atoms with Crippen LogP contribution >= 0.6 is 0 Å². The molecule has 12 heteroatoms. The van der Waals surface area contributed by atoms with Gasteiger partial charge in [0.2, 0.25) is 11.8 Å². The summed E-state index contributed by atoms with van der Waals surface area (Å²) in [5.74, 6) is -1.16. The molecule has 2 amide bonds. The normalized spacial score (nSPS) is 10.1. The Labute approximate surface area is 231 Å². The van der Waals surface area contributed by atoms with Crippen molar-refractivity contribution in [3.05, 3.63) is 72.0 Å². The van der Waals surface area contributed by atoms with Crippen molar-refractivity contribution in [2.45, 2.75) is 52.4 Å². The molecule has 0 radical (unpaired) electrons. The van der Waals surface area contributed by atoms with Crippen molar-refractivity contribution >= 4 is 40.8 Å². The average molecular weight is 570 g/mol. The minimum atomic E-state index is -0.457. The van der Waals surface area contributed by atoms with E-state index < -0.39 is 5.97 Å². The van der Waals surface area contributed by atoms with Crippen LogP contribution < -0.4 is 22.1 Å². The zero-order chi connectivity index (χ0) is 28.9. The van der Waals surface area contributed by atoms with Crippen molar-refractivity contribution in [1.82, 2.24) is 0 Å². The molecule has 0 bridgehead atoms. The first-order valence-corrected chi connectivity index (χ1v) is 12.2. The van der Waals surface area contributed by atoms with Crippen LogP contribution in [-0.2, 0) is 38.8 Å². The number of hydrogen-bond acceptors (Lipinski definition) is 6. The van der Waals surface area contributed by atoms with Gasteiger partial charge < -0.3 is 39.3 Å². The van der Waals surface area contributed by atoms with Gasteiger partial charge in [-0.1, -0.05) is 37.0 Å². The Balaban J connectivity index is 0.00000255. The van der Waals surface area contributed by atoms with E-state index >= 15 is 0 Å². The summed E-state index contributed by atoms with van der Waals surface area (Å²) in [5.41, 5.74) is 13.2. The molecular formula is C26H34CoN6O5-2. The topological polar surface area (TPSA) is 188 Å². The Kier molecular flexibility index (Phi) is 18.1. The first-order chi connectivity index (χ1) is 18.2. The minimum absolute atomic E-state index is 0.0518. The van der Waals surface area contributed by atoms with Gasteiger partial charge in [0.25, 0.3) is 0 Å². The third kappa shape index (κ3) is 14.6. The van der Waals surface area contributed by atoms with Crippen molar-refractivity contribution in [3.8, 4) is 0 Å². The van der Waals surface area contributed by atoms with Gasteiger partial charge in [0.1, 0.15) is 0 Å². The standard InChI is InChI=1S/C23H27N6O4.C3H7.Co.O/c1-2-4-21(32)33-29-23(26)16-9-13-18(14-10-16)28-20(31)6-3-5-19(30)27-17-11-7-15(8-12-17)22(24)25;1-3-2;;/h7-14H,2-6H2,1H3,(H6-,24,25,26,27,28,29,30,31);1,3H2,2H3;;/q2*-1;;. The first kappa shape index (κ1) is 34.1. The number of nitrogens with one attached hydrogen (secondary N) is 2. The quantitative estimate of drug-likeness (QED) is 0.104. The summed E-state index contributed by atoms with van der Waals surface area (Å²) in [6.07, 6.45) is 2.62. The van der Waals surface area contributed by atoms with Crippen LogP contribution in [0.4, 0.5) is 11.4 Å². The zero-order valence-corrected chi connectivity index (χ0v) is 22.5. The van der Waals surface area contributed by atoms with Gasteiger partial charge in [-0.2, -0.15) is 6.42 Å². The molecule has 2 rings (SSSR count). The first-order valence-electron chi connectivity index (χ1n) is 11.8. The van der Waals surface area contributed by atoms with Crippen molar-refractivity contribution < 1.29 is 38.8 Å². The van der Waals surface area contributed by atoms with Crippen molar-refractivity contribution in [1.29, 1.82) is 0 Å². The van der Waals surface area contributed by atoms with Crippen LogP contribution in [0.5, 0.6) is 0 Å². The summed E-state index contributed by atoms with van der Waals surface area (Å²) in [5, 5.41) is 18.3. The van der Waals surface area contributed by atoms with E-state index in [0.717, 1.165) is 6.42 Å². The number of carbonyl (C=O) groups excluding carboxylic acids is 3. The molecule has 2 aromatic carbocycles. The number of amidine groups is 2. The molecule has 0 spiro atoms. The van der Waals surface area contributed by atoms with Crippen LogP contribution in [0.15, 0.2) is 53.7 Å². The van der Waals surface area contributed by atoms with Crippen LogP contribution in [0.3, 0.4) is 0 Å².